The molecule has 1 fully saturated rings. The molecule has 5 heteroatoms. The summed E-state index contributed by atoms with van der Waals surface area (Å²) in [7, 11) is 0. The van der Waals surface area contributed by atoms with Gasteiger partial charge in [0.05, 0.1) is 12.6 Å². The average Bonchev–Trinajstić information content (AvgIpc) is 2.48. The number of nitrogens with one attached hydrogen (secondary N) is 2. The van der Waals surface area contributed by atoms with E-state index < -0.39 is 0 Å². The fourth-order valence-corrected chi connectivity index (χ4v) is 2.24. The lowest BCUT2D eigenvalue weighted by molar-refractivity contribution is -0.117. The number of amides is 1. The van der Waals surface area contributed by atoms with Crippen molar-refractivity contribution >= 4 is 11.6 Å². The Balaban J connectivity index is 1.86. The van der Waals surface area contributed by atoms with Crippen molar-refractivity contribution in [3.8, 4) is 5.75 Å². The summed E-state index contributed by atoms with van der Waals surface area (Å²) in [5, 5.41) is 6.22. The predicted octanol–water partition coefficient (Wildman–Crippen LogP) is 1.71. The van der Waals surface area contributed by atoms with Crippen LogP contribution >= 0.6 is 0 Å². The average molecular weight is 291 g/mol. The third-order valence-corrected chi connectivity index (χ3v) is 3.61. The van der Waals surface area contributed by atoms with Gasteiger partial charge in [-0.15, -0.1) is 0 Å². The van der Waals surface area contributed by atoms with Gasteiger partial charge in [-0.1, -0.05) is 13.0 Å². The molecule has 1 amide bonds. The highest BCUT2D eigenvalue weighted by Crippen LogP contribution is 2.19. The zero-order chi connectivity index (χ0) is 15.1. The first-order chi connectivity index (χ1) is 10.2. The number of carbonyl (C=O) groups is 1. The number of anilines is 1. The minimum atomic E-state index is 0.0255. The molecule has 0 saturated carbocycles. The molecule has 116 valence electrons. The molecule has 1 unspecified atom stereocenters. The lowest BCUT2D eigenvalue weighted by atomic mass is 10.2. The highest BCUT2D eigenvalue weighted by molar-refractivity contribution is 5.92. The molecule has 1 saturated heterocycles. The van der Waals surface area contributed by atoms with Crippen LogP contribution in [0.2, 0.25) is 0 Å². The van der Waals surface area contributed by atoms with Crippen molar-refractivity contribution < 1.29 is 9.53 Å². The fourth-order valence-electron chi connectivity index (χ4n) is 2.24. The molecule has 0 aromatic heterocycles. The van der Waals surface area contributed by atoms with Crippen molar-refractivity contribution in [2.24, 2.45) is 0 Å². The van der Waals surface area contributed by atoms with E-state index in [2.05, 4.69) is 22.5 Å². The summed E-state index contributed by atoms with van der Waals surface area (Å²) in [6.07, 6.45) is 1.14. The van der Waals surface area contributed by atoms with Crippen LogP contribution in [0, 0.1) is 0 Å². The Morgan fingerprint density at radius 2 is 2.19 bits per heavy atom. The summed E-state index contributed by atoms with van der Waals surface area (Å²) in [5.74, 6) is 0.821. The summed E-state index contributed by atoms with van der Waals surface area (Å²) in [4.78, 5) is 14.2. The molecule has 1 atom stereocenters. The first-order valence-corrected chi connectivity index (χ1v) is 7.67. The van der Waals surface area contributed by atoms with E-state index in [9.17, 15) is 4.79 Å². The van der Waals surface area contributed by atoms with Crippen molar-refractivity contribution in [3.63, 3.8) is 0 Å². The highest BCUT2D eigenvalue weighted by Gasteiger charge is 2.13. The van der Waals surface area contributed by atoms with Crippen molar-refractivity contribution in [3.05, 3.63) is 24.3 Å². The van der Waals surface area contributed by atoms with Crippen LogP contribution < -0.4 is 15.4 Å². The number of ether oxygens (including phenoxy) is 1. The first-order valence-electron chi connectivity index (χ1n) is 7.67. The second kappa shape index (κ2) is 8.00. The quantitative estimate of drug-likeness (QED) is 0.838. The van der Waals surface area contributed by atoms with Gasteiger partial charge in [0.15, 0.2) is 0 Å². The Labute approximate surface area is 126 Å². The predicted molar refractivity (Wildman–Crippen MR) is 84.8 cm³/mol. The molecule has 1 aliphatic heterocycles. The molecular weight excluding hydrogens is 266 g/mol. The van der Waals surface area contributed by atoms with Crippen molar-refractivity contribution in [2.45, 2.75) is 26.4 Å². The molecule has 21 heavy (non-hydrogen) atoms. The molecular formula is C16H25N3O2. The molecule has 2 N–H and O–H groups in total. The SMILES string of the molecule is CCC(C)Oc1cccc(NC(=O)CN2CCNCC2)c1. The molecule has 1 heterocycles. The molecule has 0 spiro atoms. The lowest BCUT2D eigenvalue weighted by Crippen LogP contribution is -2.46. The number of carbonyl (C=O) groups excluding carboxylic acids is 1. The maximum atomic E-state index is 12.1. The molecule has 2 rings (SSSR count). The van der Waals surface area contributed by atoms with Gasteiger partial charge >= 0.3 is 0 Å². The minimum absolute atomic E-state index is 0.0255. The van der Waals surface area contributed by atoms with Crippen molar-refractivity contribution in [2.75, 3.05) is 38.0 Å². The van der Waals surface area contributed by atoms with E-state index in [0.29, 0.717) is 6.54 Å². The number of rotatable bonds is 6. The summed E-state index contributed by atoms with van der Waals surface area (Å²) in [5.41, 5.74) is 0.788. The van der Waals surface area contributed by atoms with E-state index in [1.54, 1.807) is 0 Å². The van der Waals surface area contributed by atoms with E-state index >= 15 is 0 Å². The molecule has 1 aromatic carbocycles. The lowest BCUT2D eigenvalue weighted by Gasteiger charge is -2.26. The van der Waals surface area contributed by atoms with Gasteiger partial charge in [-0.3, -0.25) is 9.69 Å². The van der Waals surface area contributed by atoms with E-state index in [4.69, 9.17) is 4.74 Å². The van der Waals surface area contributed by atoms with E-state index in [-0.39, 0.29) is 12.0 Å². The summed E-state index contributed by atoms with van der Waals surface area (Å²) in [6.45, 7) is 8.31. The van der Waals surface area contributed by atoms with Crippen LogP contribution in [0.3, 0.4) is 0 Å². The van der Waals surface area contributed by atoms with Crippen LogP contribution in [0.15, 0.2) is 24.3 Å². The molecule has 1 aromatic rings. The largest absolute Gasteiger partial charge is 0.491 e. The topological polar surface area (TPSA) is 53.6 Å². The Hall–Kier alpha value is -1.59. The van der Waals surface area contributed by atoms with Crippen LogP contribution in [-0.2, 0) is 4.79 Å². The summed E-state index contributed by atoms with van der Waals surface area (Å²) >= 11 is 0. The molecule has 0 aliphatic carbocycles. The van der Waals surface area contributed by atoms with Crippen LogP contribution in [0.4, 0.5) is 5.69 Å². The fraction of sp³-hybridized carbons (Fsp3) is 0.562. The summed E-state index contributed by atoms with van der Waals surface area (Å²) < 4.78 is 5.77. The van der Waals surface area contributed by atoms with E-state index in [1.165, 1.54) is 0 Å². The van der Waals surface area contributed by atoms with Crippen LogP contribution in [-0.4, -0.2) is 49.6 Å². The van der Waals surface area contributed by atoms with E-state index in [1.807, 2.05) is 31.2 Å². The maximum Gasteiger partial charge on any atom is 0.238 e. The van der Waals surface area contributed by atoms with Gasteiger partial charge < -0.3 is 15.4 Å². The Morgan fingerprint density at radius 1 is 1.43 bits per heavy atom. The van der Waals surface area contributed by atoms with Crippen LogP contribution in [0.25, 0.3) is 0 Å². The van der Waals surface area contributed by atoms with Gasteiger partial charge in [-0.05, 0) is 25.5 Å². The zero-order valence-corrected chi connectivity index (χ0v) is 12.9. The van der Waals surface area contributed by atoms with Gasteiger partial charge in [-0.2, -0.15) is 0 Å². The molecule has 1 aliphatic rings. The normalized spacial score (nSPS) is 17.2. The first kappa shape index (κ1) is 15.8. The number of nitrogens with zero attached hydrogens (tertiary/aromatic N) is 1. The third kappa shape index (κ3) is 5.36. The number of piperazine rings is 1. The highest BCUT2D eigenvalue weighted by atomic mass is 16.5. The monoisotopic (exact) mass is 291 g/mol. The smallest absolute Gasteiger partial charge is 0.238 e. The summed E-state index contributed by atoms with van der Waals surface area (Å²) in [6, 6.07) is 7.58. The zero-order valence-electron chi connectivity index (χ0n) is 12.9. The minimum Gasteiger partial charge on any atom is -0.491 e. The molecule has 0 radical (unpaired) electrons. The Kier molecular flexibility index (Phi) is 6.02. The van der Waals surface area contributed by atoms with Gasteiger partial charge in [-0.25, -0.2) is 0 Å². The van der Waals surface area contributed by atoms with Gasteiger partial charge in [0.2, 0.25) is 5.91 Å². The van der Waals surface area contributed by atoms with Gasteiger partial charge in [0.1, 0.15) is 5.75 Å². The number of benzene rings is 1. The van der Waals surface area contributed by atoms with E-state index in [0.717, 1.165) is 44.0 Å². The molecule has 0 bridgehead atoms. The number of hydrogen-bond donors (Lipinski definition) is 2. The third-order valence-electron chi connectivity index (χ3n) is 3.61. The second-order valence-electron chi connectivity index (χ2n) is 5.44. The molecule has 5 nitrogen and oxygen atoms in total. The standard InChI is InChI=1S/C16H25N3O2/c1-3-13(2)21-15-6-4-5-14(11-15)18-16(20)12-19-9-7-17-8-10-19/h4-6,11,13,17H,3,7-10,12H2,1-2H3,(H,18,20). The maximum absolute atomic E-state index is 12.1. The second-order valence-corrected chi connectivity index (χ2v) is 5.44. The van der Waals surface area contributed by atoms with Crippen LogP contribution in [0.1, 0.15) is 20.3 Å². The Bertz CT molecular complexity index is 459. The number of hydrogen-bond acceptors (Lipinski definition) is 4. The van der Waals surface area contributed by atoms with Gasteiger partial charge in [0, 0.05) is 37.9 Å². The van der Waals surface area contributed by atoms with Crippen molar-refractivity contribution in [1.29, 1.82) is 0 Å². The van der Waals surface area contributed by atoms with Gasteiger partial charge in [0.25, 0.3) is 0 Å². The van der Waals surface area contributed by atoms with Crippen molar-refractivity contribution in [1.82, 2.24) is 10.2 Å². The Morgan fingerprint density at radius 3 is 2.90 bits per heavy atom. The van der Waals surface area contributed by atoms with Crippen LogP contribution in [0.5, 0.6) is 5.75 Å².